The van der Waals surface area contributed by atoms with Crippen LogP contribution in [0.5, 0.6) is 5.75 Å². The van der Waals surface area contributed by atoms with Crippen LogP contribution in [0, 0.1) is 6.92 Å². The van der Waals surface area contributed by atoms with Gasteiger partial charge in [-0.25, -0.2) is 0 Å². The van der Waals surface area contributed by atoms with Crippen molar-refractivity contribution in [2.75, 3.05) is 18.6 Å². The lowest BCUT2D eigenvalue weighted by atomic mass is 10.1. The molecule has 4 nitrogen and oxygen atoms in total. The first-order valence-corrected chi connectivity index (χ1v) is 10.4. The molecule has 1 aromatic heterocycles. The second kappa shape index (κ2) is 8.33. The molecule has 0 aliphatic carbocycles. The number of thioether (sulfide) groups is 1. The molecule has 0 radical (unpaired) electrons. The van der Waals surface area contributed by atoms with Crippen LogP contribution in [0.15, 0.2) is 63.9 Å². The van der Waals surface area contributed by atoms with E-state index in [-0.39, 0.29) is 6.61 Å². The third kappa shape index (κ3) is 3.91. The molecule has 146 valence electrons. The van der Waals surface area contributed by atoms with Crippen molar-refractivity contribution in [3.05, 3.63) is 77.2 Å². The van der Waals surface area contributed by atoms with Gasteiger partial charge in [-0.15, -0.1) is 11.8 Å². The normalized spacial score (nSPS) is 16.5. The summed E-state index contributed by atoms with van der Waals surface area (Å²) in [5.41, 5.74) is 3.74. The first kappa shape index (κ1) is 19.0. The highest BCUT2D eigenvalue weighted by molar-refractivity contribution is 7.99. The van der Waals surface area contributed by atoms with Gasteiger partial charge in [0.2, 0.25) is 0 Å². The van der Waals surface area contributed by atoms with Crippen molar-refractivity contribution in [2.24, 2.45) is 0 Å². The summed E-state index contributed by atoms with van der Waals surface area (Å²) in [6, 6.07) is 18.9. The molecule has 1 atom stereocenters. The molecule has 28 heavy (non-hydrogen) atoms. The summed E-state index contributed by atoms with van der Waals surface area (Å²) in [6.07, 6.45) is 1.04. The van der Waals surface area contributed by atoms with Crippen LogP contribution >= 0.6 is 11.8 Å². The lowest BCUT2D eigenvalue weighted by Crippen LogP contribution is -2.23. The highest BCUT2D eigenvalue weighted by Gasteiger charge is 2.24. The number of anilines is 1. The zero-order valence-electron chi connectivity index (χ0n) is 16.2. The maximum atomic E-state index is 9.26. The molecule has 2 heterocycles. The molecule has 0 saturated heterocycles. The topological polar surface area (TPSA) is 45.8 Å². The Morgan fingerprint density at radius 1 is 1.14 bits per heavy atom. The monoisotopic (exact) mass is 395 g/mol. The van der Waals surface area contributed by atoms with Gasteiger partial charge >= 0.3 is 0 Å². The third-order valence-electron chi connectivity index (χ3n) is 5.15. The molecular formula is C23H25NO3S. The van der Waals surface area contributed by atoms with Crippen molar-refractivity contribution >= 4 is 17.4 Å². The molecule has 5 heteroatoms. The predicted octanol–water partition coefficient (Wildman–Crippen LogP) is 5.33. The first-order chi connectivity index (χ1) is 13.7. The number of para-hydroxylation sites is 1. The second-order valence-corrected chi connectivity index (χ2v) is 8.28. The zero-order chi connectivity index (χ0) is 19.5. The van der Waals surface area contributed by atoms with Crippen molar-refractivity contribution < 1.29 is 14.3 Å². The average Bonchev–Trinajstić information content (AvgIpc) is 3.09. The Morgan fingerprint density at radius 2 is 1.96 bits per heavy atom. The maximum absolute atomic E-state index is 9.26. The molecule has 0 saturated carbocycles. The maximum Gasteiger partial charge on any atom is 0.129 e. The van der Waals surface area contributed by atoms with E-state index in [1.165, 1.54) is 21.7 Å². The quantitative estimate of drug-likeness (QED) is 0.632. The first-order valence-electron chi connectivity index (χ1n) is 9.51. The van der Waals surface area contributed by atoms with Crippen LogP contribution in [-0.4, -0.2) is 18.8 Å². The number of ether oxygens (including phenoxy) is 1. The van der Waals surface area contributed by atoms with Crippen LogP contribution in [0.25, 0.3) is 0 Å². The van der Waals surface area contributed by atoms with Crippen LogP contribution in [-0.2, 0) is 13.2 Å². The van der Waals surface area contributed by atoms with Gasteiger partial charge in [-0.05, 0) is 54.8 Å². The molecule has 0 fully saturated rings. The van der Waals surface area contributed by atoms with E-state index >= 15 is 0 Å². The zero-order valence-corrected chi connectivity index (χ0v) is 17.0. The Balaban J connectivity index is 1.60. The van der Waals surface area contributed by atoms with E-state index in [0.29, 0.717) is 17.6 Å². The lowest BCUT2D eigenvalue weighted by Gasteiger charge is -2.23. The fraction of sp³-hybridized carbons (Fsp3) is 0.304. The lowest BCUT2D eigenvalue weighted by molar-refractivity contribution is 0.243. The molecule has 1 aliphatic rings. The van der Waals surface area contributed by atoms with Crippen LogP contribution < -0.4 is 9.64 Å². The molecule has 0 spiro atoms. The van der Waals surface area contributed by atoms with Crippen LogP contribution in [0.3, 0.4) is 0 Å². The third-order valence-corrected chi connectivity index (χ3v) is 6.54. The minimum absolute atomic E-state index is 0.0642. The van der Waals surface area contributed by atoms with Gasteiger partial charge in [-0.2, -0.15) is 0 Å². The summed E-state index contributed by atoms with van der Waals surface area (Å²) in [4.78, 5) is 3.66. The van der Waals surface area contributed by atoms with Crippen molar-refractivity contribution in [3.8, 4) is 5.75 Å². The Bertz CT molecular complexity index is 953. The molecule has 1 unspecified atom stereocenters. The van der Waals surface area contributed by atoms with Gasteiger partial charge in [0, 0.05) is 16.7 Å². The number of hydrogen-bond donors (Lipinski definition) is 1. The van der Waals surface area contributed by atoms with Gasteiger partial charge in [0.1, 0.15) is 23.9 Å². The summed E-state index contributed by atoms with van der Waals surface area (Å²) >= 11 is 1.92. The number of furan rings is 1. The number of hydrogen-bond acceptors (Lipinski definition) is 5. The van der Waals surface area contributed by atoms with Crippen LogP contribution in [0.4, 0.5) is 5.69 Å². The number of aryl methyl sites for hydroxylation is 1. The number of methoxy groups -OCH3 is 1. The second-order valence-electron chi connectivity index (χ2n) is 7.04. The minimum Gasteiger partial charge on any atom is -0.496 e. The Hall–Kier alpha value is -2.37. The van der Waals surface area contributed by atoms with Crippen molar-refractivity contribution in [1.82, 2.24) is 0 Å². The molecular weight excluding hydrogens is 370 g/mol. The molecule has 4 rings (SSSR count). The average molecular weight is 396 g/mol. The summed E-state index contributed by atoms with van der Waals surface area (Å²) in [5, 5.41) is 9.65. The molecule has 3 aromatic rings. The number of aliphatic hydroxyl groups excluding tert-OH is 1. The van der Waals surface area contributed by atoms with Gasteiger partial charge in [0.05, 0.1) is 19.3 Å². The van der Waals surface area contributed by atoms with Gasteiger partial charge < -0.3 is 19.2 Å². The number of aliphatic hydroxyl groups is 1. The van der Waals surface area contributed by atoms with E-state index in [9.17, 15) is 5.11 Å². The smallest absolute Gasteiger partial charge is 0.129 e. The van der Waals surface area contributed by atoms with Gasteiger partial charge in [-0.1, -0.05) is 24.3 Å². The van der Waals surface area contributed by atoms with Crippen molar-refractivity contribution in [2.45, 2.75) is 36.6 Å². The molecule has 0 amide bonds. The van der Waals surface area contributed by atoms with E-state index in [1.54, 1.807) is 7.11 Å². The van der Waals surface area contributed by atoms with E-state index in [1.807, 2.05) is 23.9 Å². The Labute approximate surface area is 170 Å². The summed E-state index contributed by atoms with van der Waals surface area (Å²) in [5.74, 6) is 2.42. The molecule has 2 aromatic carbocycles. The summed E-state index contributed by atoms with van der Waals surface area (Å²) < 4.78 is 11.2. The van der Waals surface area contributed by atoms with E-state index in [2.05, 4.69) is 54.3 Å². The summed E-state index contributed by atoms with van der Waals surface area (Å²) in [7, 11) is 1.72. The van der Waals surface area contributed by atoms with Crippen molar-refractivity contribution in [1.29, 1.82) is 0 Å². The highest BCUT2D eigenvalue weighted by atomic mass is 32.2. The van der Waals surface area contributed by atoms with Gasteiger partial charge in [0.15, 0.2) is 0 Å². The standard InChI is InChI=1S/C23H25NO3S/c1-16-13-17(7-10-21(16)26-2)22-11-12-24(14-18-8-9-19(15-25)27-18)20-5-3-4-6-23(20)28-22/h3-10,13,22,25H,11-12,14-15H2,1-2H3. The molecule has 1 aliphatic heterocycles. The van der Waals surface area contributed by atoms with E-state index in [4.69, 9.17) is 9.15 Å². The number of benzene rings is 2. The van der Waals surface area contributed by atoms with Gasteiger partial charge in [0.25, 0.3) is 0 Å². The van der Waals surface area contributed by atoms with E-state index < -0.39 is 0 Å². The number of nitrogens with zero attached hydrogens (tertiary/aromatic N) is 1. The van der Waals surface area contributed by atoms with Crippen molar-refractivity contribution in [3.63, 3.8) is 0 Å². The number of fused-ring (bicyclic) bond motifs is 1. The fourth-order valence-corrected chi connectivity index (χ4v) is 4.99. The molecule has 0 bridgehead atoms. The Kier molecular flexibility index (Phi) is 5.64. The van der Waals surface area contributed by atoms with E-state index in [0.717, 1.165) is 24.5 Å². The SMILES string of the molecule is COc1ccc(C2CCN(Cc3ccc(CO)o3)c3ccccc3S2)cc1C. The minimum atomic E-state index is -0.0642. The fourth-order valence-electron chi connectivity index (χ4n) is 3.71. The Morgan fingerprint density at radius 3 is 2.71 bits per heavy atom. The summed E-state index contributed by atoms with van der Waals surface area (Å²) in [6.45, 7) is 3.67. The number of rotatable bonds is 5. The molecule has 1 N–H and O–H groups in total. The van der Waals surface area contributed by atoms with Gasteiger partial charge in [-0.3, -0.25) is 0 Å². The largest absolute Gasteiger partial charge is 0.496 e. The van der Waals surface area contributed by atoms with Crippen LogP contribution in [0.1, 0.15) is 34.3 Å². The predicted molar refractivity (Wildman–Crippen MR) is 113 cm³/mol. The van der Waals surface area contributed by atoms with Crippen LogP contribution in [0.2, 0.25) is 0 Å². The highest BCUT2D eigenvalue weighted by Crippen LogP contribution is 2.46.